The zero-order valence-corrected chi connectivity index (χ0v) is 16.1. The molecule has 1 saturated carbocycles. The van der Waals surface area contributed by atoms with Crippen LogP contribution in [0.3, 0.4) is 0 Å². The number of rotatable bonds is 4. The third-order valence-electron chi connectivity index (χ3n) is 5.39. The van der Waals surface area contributed by atoms with Gasteiger partial charge in [0.1, 0.15) is 5.84 Å². The predicted octanol–water partition coefficient (Wildman–Crippen LogP) is 2.75. The molecule has 0 radical (unpaired) electrons. The molecule has 3 aliphatic rings. The minimum absolute atomic E-state index is 0.0598. The molecular formula is C19H27F2N5O. The van der Waals surface area contributed by atoms with Crippen molar-refractivity contribution >= 4 is 18.5 Å². The number of nitrogens with one attached hydrogen (secondary N) is 1. The minimum Gasteiger partial charge on any atom is -0.350 e. The molecule has 8 heteroatoms. The summed E-state index contributed by atoms with van der Waals surface area (Å²) in [6.45, 7) is 7.49. The number of amidine groups is 1. The highest BCUT2D eigenvalue weighted by atomic mass is 19.3. The first-order valence-electron chi connectivity index (χ1n) is 9.37. The van der Waals surface area contributed by atoms with Crippen molar-refractivity contribution in [3.63, 3.8) is 0 Å². The molecule has 0 bridgehead atoms. The largest absolute Gasteiger partial charge is 0.350 e. The highest BCUT2D eigenvalue weighted by molar-refractivity contribution is 5.98. The van der Waals surface area contributed by atoms with Crippen molar-refractivity contribution in [2.45, 2.75) is 51.5 Å². The lowest BCUT2D eigenvalue weighted by atomic mass is 10.1. The maximum Gasteiger partial charge on any atom is 0.273 e. The van der Waals surface area contributed by atoms with E-state index in [9.17, 15) is 13.6 Å². The van der Waals surface area contributed by atoms with E-state index in [0.717, 1.165) is 18.5 Å². The van der Waals surface area contributed by atoms with Gasteiger partial charge in [0.2, 0.25) is 0 Å². The standard InChI is InChI=1S/C19H27F2N5O/c1-12-10-15(26-9-5-8-19(20,21)11-26)24-17(25(12)4)16(22-3)18(27)23-13(2)14-6-7-14/h10,13-14H,3,5-9,11H2,1-2,4H3,(H,23,27)/b17-16-/t13-/m0/s1. The van der Waals surface area contributed by atoms with E-state index >= 15 is 0 Å². The summed E-state index contributed by atoms with van der Waals surface area (Å²) in [5.74, 6) is -1.80. The second-order valence-corrected chi connectivity index (χ2v) is 7.63. The lowest BCUT2D eigenvalue weighted by molar-refractivity contribution is -0.118. The highest BCUT2D eigenvalue weighted by Gasteiger charge is 2.37. The van der Waals surface area contributed by atoms with Crippen LogP contribution < -0.4 is 5.32 Å². The second kappa shape index (κ2) is 7.40. The van der Waals surface area contributed by atoms with Crippen LogP contribution in [0.15, 0.2) is 33.3 Å². The Morgan fingerprint density at radius 3 is 2.78 bits per heavy atom. The lowest BCUT2D eigenvalue weighted by Crippen LogP contribution is -2.46. The Morgan fingerprint density at radius 1 is 1.48 bits per heavy atom. The fourth-order valence-electron chi connectivity index (χ4n) is 3.44. The van der Waals surface area contributed by atoms with Crippen molar-refractivity contribution in [1.82, 2.24) is 15.1 Å². The first kappa shape index (κ1) is 19.5. The van der Waals surface area contributed by atoms with Crippen LogP contribution in [0.2, 0.25) is 0 Å². The number of carbonyl (C=O) groups excluding carboxylic acids is 1. The van der Waals surface area contributed by atoms with Crippen molar-refractivity contribution in [3.05, 3.63) is 23.3 Å². The molecule has 1 aliphatic carbocycles. The molecule has 1 atom stereocenters. The highest BCUT2D eigenvalue weighted by Crippen LogP contribution is 2.33. The third kappa shape index (κ3) is 4.36. The molecule has 0 aromatic heterocycles. The molecule has 2 heterocycles. The third-order valence-corrected chi connectivity index (χ3v) is 5.39. The van der Waals surface area contributed by atoms with Crippen LogP contribution in [0, 0.1) is 5.92 Å². The van der Waals surface area contributed by atoms with Crippen LogP contribution in [0.1, 0.15) is 39.5 Å². The number of aliphatic imine (C=N–C) groups is 2. The Hall–Kier alpha value is -2.25. The van der Waals surface area contributed by atoms with Crippen molar-refractivity contribution in [2.24, 2.45) is 15.9 Å². The van der Waals surface area contributed by atoms with Gasteiger partial charge in [0, 0.05) is 31.8 Å². The number of nitrogens with zero attached hydrogens (tertiary/aromatic N) is 4. The van der Waals surface area contributed by atoms with Crippen molar-refractivity contribution < 1.29 is 13.6 Å². The molecule has 0 unspecified atom stereocenters. The molecule has 1 saturated heterocycles. The number of hydrogen-bond donors (Lipinski definition) is 1. The summed E-state index contributed by atoms with van der Waals surface area (Å²) in [5, 5.41) is 2.95. The summed E-state index contributed by atoms with van der Waals surface area (Å²) in [7, 11) is 1.77. The summed E-state index contributed by atoms with van der Waals surface area (Å²) in [6, 6.07) is 0.0598. The number of carbonyl (C=O) groups is 1. The predicted molar refractivity (Wildman–Crippen MR) is 102 cm³/mol. The van der Waals surface area contributed by atoms with Crippen LogP contribution in [0.4, 0.5) is 8.78 Å². The molecule has 6 nitrogen and oxygen atoms in total. The summed E-state index contributed by atoms with van der Waals surface area (Å²) < 4.78 is 27.7. The van der Waals surface area contributed by atoms with Gasteiger partial charge >= 0.3 is 0 Å². The van der Waals surface area contributed by atoms with E-state index in [2.05, 4.69) is 22.0 Å². The SMILES string of the molecule is C=N/C(C(=O)N[C@@H](C)C1CC1)=C1/N=C(N2CCCC(F)(F)C2)C=C(C)N1C. The van der Waals surface area contributed by atoms with E-state index in [0.29, 0.717) is 30.5 Å². The topological polar surface area (TPSA) is 60.3 Å². The van der Waals surface area contributed by atoms with E-state index < -0.39 is 5.92 Å². The smallest absolute Gasteiger partial charge is 0.273 e. The Labute approximate surface area is 158 Å². The van der Waals surface area contributed by atoms with Gasteiger partial charge in [-0.3, -0.25) is 9.79 Å². The number of hydrogen-bond acceptors (Lipinski definition) is 5. The van der Waals surface area contributed by atoms with Crippen molar-refractivity contribution in [1.29, 1.82) is 0 Å². The maximum atomic E-state index is 13.8. The lowest BCUT2D eigenvalue weighted by Gasteiger charge is -2.36. The van der Waals surface area contributed by atoms with Crippen LogP contribution in [0.5, 0.6) is 0 Å². The first-order valence-corrected chi connectivity index (χ1v) is 9.37. The Bertz CT molecular complexity index is 724. The van der Waals surface area contributed by atoms with E-state index in [-0.39, 0.29) is 30.6 Å². The maximum absolute atomic E-state index is 13.8. The van der Waals surface area contributed by atoms with E-state index in [4.69, 9.17) is 0 Å². The number of amides is 1. The van der Waals surface area contributed by atoms with Crippen molar-refractivity contribution in [3.8, 4) is 0 Å². The summed E-state index contributed by atoms with van der Waals surface area (Å²) in [6.07, 6.45) is 4.28. The average Bonchev–Trinajstić information content (AvgIpc) is 3.43. The van der Waals surface area contributed by atoms with Gasteiger partial charge in [0.25, 0.3) is 11.8 Å². The Kier molecular flexibility index (Phi) is 5.35. The molecule has 0 spiro atoms. The number of alkyl halides is 2. The van der Waals surface area contributed by atoms with E-state index in [1.807, 2.05) is 13.8 Å². The average molecular weight is 379 g/mol. The number of piperidine rings is 1. The van der Waals surface area contributed by atoms with Crippen LogP contribution in [-0.2, 0) is 4.79 Å². The van der Waals surface area contributed by atoms with E-state index in [1.54, 1.807) is 22.9 Å². The molecule has 0 aromatic rings. The fraction of sp³-hybridized carbons (Fsp3) is 0.632. The summed E-state index contributed by atoms with van der Waals surface area (Å²) in [4.78, 5) is 24.4. The number of likely N-dealkylation sites (tertiary alicyclic amines) is 1. The summed E-state index contributed by atoms with van der Waals surface area (Å²) >= 11 is 0. The zero-order chi connectivity index (χ0) is 19.8. The van der Waals surface area contributed by atoms with Crippen LogP contribution in [-0.4, -0.2) is 60.4 Å². The van der Waals surface area contributed by atoms with Gasteiger partial charge in [-0.1, -0.05) is 0 Å². The molecule has 2 aliphatic heterocycles. The zero-order valence-electron chi connectivity index (χ0n) is 16.1. The molecule has 1 N–H and O–H groups in total. The minimum atomic E-state index is -2.73. The van der Waals surface area contributed by atoms with Crippen LogP contribution >= 0.6 is 0 Å². The molecule has 0 aromatic carbocycles. The second-order valence-electron chi connectivity index (χ2n) is 7.63. The van der Waals surface area contributed by atoms with Crippen LogP contribution in [0.25, 0.3) is 0 Å². The first-order chi connectivity index (χ1) is 12.7. The molecular weight excluding hydrogens is 352 g/mol. The monoisotopic (exact) mass is 379 g/mol. The Balaban J connectivity index is 1.89. The summed E-state index contributed by atoms with van der Waals surface area (Å²) in [5.41, 5.74) is 0.909. The molecule has 3 rings (SSSR count). The van der Waals surface area contributed by atoms with E-state index in [1.165, 1.54) is 0 Å². The normalized spacial score (nSPS) is 25.4. The Morgan fingerprint density at radius 2 is 2.19 bits per heavy atom. The van der Waals surface area contributed by atoms with Gasteiger partial charge < -0.3 is 15.1 Å². The molecule has 1 amide bonds. The number of allylic oxidation sites excluding steroid dienone is 1. The fourth-order valence-corrected chi connectivity index (χ4v) is 3.44. The molecule has 27 heavy (non-hydrogen) atoms. The van der Waals surface area contributed by atoms with Gasteiger partial charge in [-0.05, 0) is 51.8 Å². The van der Waals surface area contributed by atoms with Gasteiger partial charge in [0.15, 0.2) is 11.5 Å². The number of halogens is 2. The van der Waals surface area contributed by atoms with Gasteiger partial charge in [-0.25, -0.2) is 13.8 Å². The van der Waals surface area contributed by atoms with Gasteiger partial charge in [0.05, 0.1) is 6.54 Å². The van der Waals surface area contributed by atoms with Crippen molar-refractivity contribution in [2.75, 3.05) is 20.1 Å². The quantitative estimate of drug-likeness (QED) is 0.604. The molecule has 2 fully saturated rings. The van der Waals surface area contributed by atoms with Gasteiger partial charge in [-0.15, -0.1) is 0 Å². The van der Waals surface area contributed by atoms with Gasteiger partial charge in [-0.2, -0.15) is 0 Å². The molecule has 148 valence electrons.